The molecule has 0 aromatic heterocycles. The summed E-state index contributed by atoms with van der Waals surface area (Å²) in [5, 5.41) is 15.8. The third-order valence-corrected chi connectivity index (χ3v) is 9.32. The number of halogens is 3. The quantitative estimate of drug-likeness (QED) is 0.203. The minimum absolute atomic E-state index is 0.0393. The number of nitrogens with one attached hydrogen (secondary N) is 1. The third kappa shape index (κ3) is 3.92. The first kappa shape index (κ1) is 22.1. The number of anilines is 1. The molecule has 0 radical (unpaired) electrons. The fraction of sp³-hybridized carbons (Fsp3) is 0.250. The normalized spacial score (nSPS) is 26.2. The maximum atomic E-state index is 11.5. The molecule has 1 heterocycles. The van der Waals surface area contributed by atoms with E-state index in [0.717, 1.165) is 22.1 Å². The lowest BCUT2D eigenvalue weighted by molar-refractivity contribution is -0.387. The highest BCUT2D eigenvalue weighted by Gasteiger charge is 2.50. The predicted molar refractivity (Wildman–Crippen MR) is 135 cm³/mol. The Morgan fingerprint density at radius 3 is 2.56 bits per heavy atom. The van der Waals surface area contributed by atoms with E-state index in [1.165, 1.54) is 17.3 Å². The summed E-state index contributed by atoms with van der Waals surface area (Å²) in [4.78, 5) is 11.9. The van der Waals surface area contributed by atoms with Crippen LogP contribution in [0.2, 0.25) is 5.02 Å². The van der Waals surface area contributed by atoms with Gasteiger partial charge in [0.2, 0.25) is 0 Å². The number of nitro benzene ring substituents is 1. The lowest BCUT2D eigenvalue weighted by Gasteiger charge is -2.38. The molecule has 0 saturated heterocycles. The van der Waals surface area contributed by atoms with Crippen molar-refractivity contribution in [2.75, 3.05) is 5.32 Å². The van der Waals surface area contributed by atoms with E-state index in [1.54, 1.807) is 12.1 Å². The van der Waals surface area contributed by atoms with Crippen molar-refractivity contribution < 1.29 is 4.92 Å². The summed E-state index contributed by atoms with van der Waals surface area (Å²) < 4.78 is 1.03. The van der Waals surface area contributed by atoms with Crippen LogP contribution < -0.4 is 5.32 Å². The number of hydrogen-bond donors (Lipinski definition) is 1. The monoisotopic (exact) mass is 548 g/mol. The molecule has 5 atom stereocenters. The number of para-hydroxylation sites is 2. The van der Waals surface area contributed by atoms with E-state index in [4.69, 9.17) is 23.2 Å². The van der Waals surface area contributed by atoms with Crippen molar-refractivity contribution in [2.45, 2.75) is 33.9 Å². The number of nitrogens with zero attached hydrogens (tertiary/aromatic N) is 1. The Balaban J connectivity index is 1.54. The summed E-state index contributed by atoms with van der Waals surface area (Å²) in [6.07, 6.45) is 0.842. The number of rotatable bonds is 4. The summed E-state index contributed by atoms with van der Waals surface area (Å²) >= 11 is 18.7. The van der Waals surface area contributed by atoms with Crippen LogP contribution in [0.1, 0.15) is 29.5 Å². The number of benzene rings is 3. The van der Waals surface area contributed by atoms with Crippen LogP contribution in [0.25, 0.3) is 0 Å². The molecule has 3 aromatic rings. The number of hydrogen-bond acceptors (Lipinski definition) is 4. The number of alkyl halides is 1. The first-order valence-electron chi connectivity index (χ1n) is 10.3. The smallest absolute Gasteiger partial charge is 0.282 e. The zero-order valence-corrected chi connectivity index (χ0v) is 20.7. The average molecular weight is 550 g/mol. The molecule has 1 fully saturated rings. The highest BCUT2D eigenvalue weighted by Crippen LogP contribution is 2.58. The molecule has 0 amide bonds. The van der Waals surface area contributed by atoms with Gasteiger partial charge in [-0.2, -0.15) is 0 Å². The average Bonchev–Trinajstić information content (AvgIpc) is 3.11. The van der Waals surface area contributed by atoms with E-state index in [9.17, 15) is 10.1 Å². The Bertz CT molecular complexity index is 1180. The van der Waals surface area contributed by atoms with Crippen LogP contribution in [0.5, 0.6) is 0 Å². The van der Waals surface area contributed by atoms with Crippen LogP contribution in [0, 0.1) is 16.0 Å². The summed E-state index contributed by atoms with van der Waals surface area (Å²) in [7, 11) is 0. The summed E-state index contributed by atoms with van der Waals surface area (Å²) in [6.45, 7) is 0. The van der Waals surface area contributed by atoms with Crippen LogP contribution in [0.4, 0.5) is 11.4 Å². The van der Waals surface area contributed by atoms with Gasteiger partial charge in [0.05, 0.1) is 31.9 Å². The first-order chi connectivity index (χ1) is 15.4. The van der Waals surface area contributed by atoms with Crippen LogP contribution in [-0.4, -0.2) is 15.6 Å². The molecule has 8 heteroatoms. The van der Waals surface area contributed by atoms with Gasteiger partial charge >= 0.3 is 0 Å². The van der Waals surface area contributed by atoms with E-state index in [-0.39, 0.29) is 39.1 Å². The van der Waals surface area contributed by atoms with Crippen molar-refractivity contribution in [3.8, 4) is 0 Å². The molecule has 4 nitrogen and oxygen atoms in total. The maximum Gasteiger partial charge on any atom is 0.282 e. The third-order valence-electron chi connectivity index (χ3n) is 6.37. The van der Waals surface area contributed by atoms with Gasteiger partial charge in [-0.25, -0.2) is 0 Å². The SMILES string of the molecule is O=[N+]([O-])c1ccccc1SC1CC2C(c3ccc(Br)cc3)Nc3c(Cl)cccc3C2C1Cl. The molecule has 164 valence electrons. The van der Waals surface area contributed by atoms with E-state index >= 15 is 0 Å². The van der Waals surface area contributed by atoms with Crippen LogP contribution in [0.15, 0.2) is 76.1 Å². The Hall–Kier alpha value is -1.73. The second-order valence-corrected chi connectivity index (χ2v) is 11.2. The van der Waals surface area contributed by atoms with E-state index in [0.29, 0.717) is 9.92 Å². The maximum absolute atomic E-state index is 11.5. The molecule has 1 aliphatic carbocycles. The van der Waals surface area contributed by atoms with Gasteiger partial charge in [0.25, 0.3) is 5.69 Å². The van der Waals surface area contributed by atoms with Crippen LogP contribution in [0.3, 0.4) is 0 Å². The van der Waals surface area contributed by atoms with E-state index < -0.39 is 0 Å². The molecule has 0 spiro atoms. The minimum atomic E-state index is -0.325. The highest BCUT2D eigenvalue weighted by atomic mass is 79.9. The summed E-state index contributed by atoms with van der Waals surface area (Å²) in [5.74, 6) is 0.338. The Morgan fingerprint density at radius 1 is 1.06 bits per heavy atom. The number of thioether (sulfide) groups is 1. The zero-order valence-electron chi connectivity index (χ0n) is 16.8. The van der Waals surface area contributed by atoms with Crippen LogP contribution >= 0.6 is 50.9 Å². The first-order valence-corrected chi connectivity index (χ1v) is 12.8. The minimum Gasteiger partial charge on any atom is -0.376 e. The molecule has 32 heavy (non-hydrogen) atoms. The zero-order chi connectivity index (χ0) is 22.4. The van der Waals surface area contributed by atoms with Crippen molar-refractivity contribution in [3.05, 3.63) is 97.5 Å². The Labute approximate surface area is 209 Å². The van der Waals surface area contributed by atoms with Gasteiger partial charge in [0, 0.05) is 21.7 Å². The molecule has 5 unspecified atom stereocenters. The molecule has 0 bridgehead atoms. The standard InChI is InChI=1S/C24H19BrCl2N2O2S/c25-14-10-8-13(9-11-14)23-16-12-20(32-19-7-2-1-6-18(19)29(30)31)22(27)21(16)15-4-3-5-17(26)24(15)28-23/h1-11,16,20-23,28H,12H2. The van der Waals surface area contributed by atoms with Gasteiger partial charge < -0.3 is 5.32 Å². The highest BCUT2D eigenvalue weighted by molar-refractivity contribution is 9.10. The molecule has 3 aromatic carbocycles. The topological polar surface area (TPSA) is 55.2 Å². The second kappa shape index (κ2) is 8.90. The van der Waals surface area contributed by atoms with Crippen molar-refractivity contribution in [1.82, 2.24) is 0 Å². The predicted octanol–water partition coefficient (Wildman–Crippen LogP) is 8.05. The van der Waals surface area contributed by atoms with E-state index in [2.05, 4.69) is 39.4 Å². The van der Waals surface area contributed by atoms with Crippen molar-refractivity contribution in [3.63, 3.8) is 0 Å². The number of nitro groups is 1. The van der Waals surface area contributed by atoms with Gasteiger partial charge in [-0.3, -0.25) is 10.1 Å². The molecule has 1 N–H and O–H groups in total. The summed E-state index contributed by atoms with van der Waals surface area (Å²) in [5.41, 5.74) is 3.36. The second-order valence-electron chi connectivity index (χ2n) is 8.13. The largest absolute Gasteiger partial charge is 0.376 e. The van der Waals surface area contributed by atoms with E-state index in [1.807, 2.05) is 36.4 Å². The fourth-order valence-corrected chi connectivity index (χ4v) is 7.42. The molecule has 2 aliphatic rings. The molecule has 5 rings (SSSR count). The van der Waals surface area contributed by atoms with Crippen molar-refractivity contribution in [1.29, 1.82) is 0 Å². The molecular weight excluding hydrogens is 531 g/mol. The Kier molecular flexibility index (Phi) is 6.14. The van der Waals surface area contributed by atoms with Crippen molar-refractivity contribution >= 4 is 62.3 Å². The number of fused-ring (bicyclic) bond motifs is 3. The Morgan fingerprint density at radius 2 is 1.81 bits per heavy atom. The lowest BCUT2D eigenvalue weighted by atomic mass is 9.77. The van der Waals surface area contributed by atoms with Crippen molar-refractivity contribution in [2.24, 2.45) is 5.92 Å². The van der Waals surface area contributed by atoms with Gasteiger partial charge in [0.1, 0.15) is 0 Å². The van der Waals surface area contributed by atoms with Gasteiger partial charge in [0.15, 0.2) is 0 Å². The van der Waals surface area contributed by atoms with Crippen LogP contribution in [-0.2, 0) is 0 Å². The molecule has 1 saturated carbocycles. The van der Waals surface area contributed by atoms with Gasteiger partial charge in [-0.1, -0.05) is 63.9 Å². The van der Waals surface area contributed by atoms with Gasteiger partial charge in [-0.15, -0.1) is 23.4 Å². The molecular formula is C24H19BrCl2N2O2S. The molecule has 1 aliphatic heterocycles. The fourth-order valence-electron chi connectivity index (χ4n) is 4.98. The lowest BCUT2D eigenvalue weighted by Crippen LogP contribution is -2.31. The van der Waals surface area contributed by atoms with Gasteiger partial charge in [-0.05, 0) is 47.7 Å². The summed E-state index contributed by atoms with van der Waals surface area (Å²) in [6, 6.07) is 21.2.